The third-order valence-corrected chi connectivity index (χ3v) is 4.16. The van der Waals surface area contributed by atoms with Crippen molar-refractivity contribution in [3.05, 3.63) is 34.1 Å². The molecule has 2 rings (SSSR count). The van der Waals surface area contributed by atoms with Crippen molar-refractivity contribution >= 4 is 15.9 Å². The summed E-state index contributed by atoms with van der Waals surface area (Å²) in [6, 6.07) is 5.88. The zero-order valence-corrected chi connectivity index (χ0v) is 12.6. The Morgan fingerprint density at radius 3 is 2.78 bits per heavy atom. The summed E-state index contributed by atoms with van der Waals surface area (Å²) < 4.78 is 14.6. The number of likely N-dealkylation sites (N-methyl/N-ethyl adjacent to an activating group) is 1. The minimum atomic E-state index is -0.116. The molecule has 1 aromatic rings. The van der Waals surface area contributed by atoms with Crippen molar-refractivity contribution in [3.8, 4) is 0 Å². The minimum Gasteiger partial charge on any atom is -0.298 e. The Morgan fingerprint density at radius 1 is 1.39 bits per heavy atom. The second-order valence-corrected chi connectivity index (χ2v) is 5.86. The maximum Gasteiger partial charge on any atom is 0.128 e. The zero-order valence-electron chi connectivity index (χ0n) is 11.0. The van der Waals surface area contributed by atoms with E-state index in [1.54, 1.807) is 6.07 Å². The monoisotopic (exact) mass is 314 g/mol. The van der Waals surface area contributed by atoms with Gasteiger partial charge in [-0.3, -0.25) is 9.80 Å². The molecule has 1 saturated heterocycles. The number of rotatable bonds is 3. The molecule has 0 aromatic heterocycles. The molecule has 2 nitrogen and oxygen atoms in total. The molecule has 1 aromatic carbocycles. The molecule has 1 unspecified atom stereocenters. The largest absolute Gasteiger partial charge is 0.298 e. The Bertz CT molecular complexity index is 411. The van der Waals surface area contributed by atoms with Crippen molar-refractivity contribution in [3.63, 3.8) is 0 Å². The first-order valence-corrected chi connectivity index (χ1v) is 7.29. The summed E-state index contributed by atoms with van der Waals surface area (Å²) >= 11 is 3.29. The van der Waals surface area contributed by atoms with Gasteiger partial charge in [-0.15, -0.1) is 0 Å². The molecule has 1 heterocycles. The van der Waals surface area contributed by atoms with E-state index in [4.69, 9.17) is 0 Å². The molecule has 4 heteroatoms. The van der Waals surface area contributed by atoms with E-state index in [1.165, 1.54) is 0 Å². The smallest absolute Gasteiger partial charge is 0.128 e. The highest BCUT2D eigenvalue weighted by Crippen LogP contribution is 2.18. The van der Waals surface area contributed by atoms with Gasteiger partial charge in [-0.2, -0.15) is 0 Å². The van der Waals surface area contributed by atoms with Crippen LogP contribution in [-0.4, -0.2) is 42.0 Å². The summed E-state index contributed by atoms with van der Waals surface area (Å²) in [6.07, 6.45) is 0. The summed E-state index contributed by atoms with van der Waals surface area (Å²) in [5.41, 5.74) is 0.787. The van der Waals surface area contributed by atoms with E-state index in [0.717, 1.165) is 36.2 Å². The van der Waals surface area contributed by atoms with Gasteiger partial charge in [0.2, 0.25) is 0 Å². The number of piperazine rings is 1. The maximum atomic E-state index is 13.8. The van der Waals surface area contributed by atoms with Crippen LogP contribution in [0, 0.1) is 5.82 Å². The van der Waals surface area contributed by atoms with Gasteiger partial charge in [-0.1, -0.05) is 28.9 Å². The number of hydrogen-bond acceptors (Lipinski definition) is 2. The summed E-state index contributed by atoms with van der Waals surface area (Å²) in [4.78, 5) is 4.80. The summed E-state index contributed by atoms with van der Waals surface area (Å²) in [5.74, 6) is -0.116. The van der Waals surface area contributed by atoms with E-state index >= 15 is 0 Å². The Balaban J connectivity index is 1.98. The normalized spacial score (nSPS) is 22.3. The summed E-state index contributed by atoms with van der Waals surface area (Å²) in [6.45, 7) is 9.36. The van der Waals surface area contributed by atoms with Gasteiger partial charge in [0.1, 0.15) is 5.82 Å². The molecule has 1 aliphatic heterocycles. The van der Waals surface area contributed by atoms with Crippen molar-refractivity contribution < 1.29 is 4.39 Å². The second kappa shape index (κ2) is 6.13. The fourth-order valence-electron chi connectivity index (χ4n) is 2.57. The molecular weight excluding hydrogens is 295 g/mol. The molecule has 1 fully saturated rings. The molecule has 0 bridgehead atoms. The minimum absolute atomic E-state index is 0.116. The molecule has 0 amide bonds. The Labute approximate surface area is 117 Å². The van der Waals surface area contributed by atoms with Gasteiger partial charge in [-0.25, -0.2) is 4.39 Å². The van der Waals surface area contributed by atoms with Crippen molar-refractivity contribution in [2.75, 3.05) is 26.2 Å². The average Bonchev–Trinajstić information content (AvgIpc) is 2.33. The quantitative estimate of drug-likeness (QED) is 0.846. The number of benzene rings is 1. The highest BCUT2D eigenvalue weighted by molar-refractivity contribution is 9.10. The molecular formula is C14H20BrFN2. The third kappa shape index (κ3) is 3.31. The van der Waals surface area contributed by atoms with Gasteiger partial charge in [-0.05, 0) is 25.6 Å². The molecule has 18 heavy (non-hydrogen) atoms. The molecule has 0 saturated carbocycles. The van der Waals surface area contributed by atoms with Crippen LogP contribution in [0.25, 0.3) is 0 Å². The molecule has 0 radical (unpaired) electrons. The number of nitrogens with zero attached hydrogens (tertiary/aromatic N) is 2. The molecule has 1 atom stereocenters. The fraction of sp³-hybridized carbons (Fsp3) is 0.571. The molecule has 0 aliphatic carbocycles. The zero-order chi connectivity index (χ0) is 13.1. The van der Waals surface area contributed by atoms with Crippen LogP contribution in [0.2, 0.25) is 0 Å². The summed E-state index contributed by atoms with van der Waals surface area (Å²) in [7, 11) is 0. The first kappa shape index (κ1) is 14.0. The maximum absolute atomic E-state index is 13.8. The van der Waals surface area contributed by atoms with Crippen LogP contribution < -0.4 is 0 Å². The van der Waals surface area contributed by atoms with Crippen molar-refractivity contribution in [1.29, 1.82) is 0 Å². The predicted octanol–water partition coefficient (Wildman–Crippen LogP) is 3.11. The van der Waals surface area contributed by atoms with Gasteiger partial charge < -0.3 is 0 Å². The first-order chi connectivity index (χ1) is 8.60. The lowest BCUT2D eigenvalue weighted by atomic mass is 10.1. The fourth-order valence-corrected chi connectivity index (χ4v) is 2.91. The van der Waals surface area contributed by atoms with Gasteiger partial charge >= 0.3 is 0 Å². The lowest BCUT2D eigenvalue weighted by Crippen LogP contribution is -2.51. The SMILES string of the molecule is CCN1CCN(Cc2ccc(Br)cc2F)CC1C. The highest BCUT2D eigenvalue weighted by atomic mass is 79.9. The van der Waals surface area contributed by atoms with E-state index in [1.807, 2.05) is 12.1 Å². The van der Waals surface area contributed by atoms with Gasteiger partial charge in [0.05, 0.1) is 0 Å². The van der Waals surface area contributed by atoms with Crippen molar-refractivity contribution in [1.82, 2.24) is 9.80 Å². The topological polar surface area (TPSA) is 6.48 Å². The van der Waals surface area contributed by atoms with E-state index in [2.05, 4.69) is 39.6 Å². The number of halogens is 2. The van der Waals surface area contributed by atoms with Gasteiger partial charge in [0.25, 0.3) is 0 Å². The van der Waals surface area contributed by atoms with Crippen molar-refractivity contribution in [2.45, 2.75) is 26.4 Å². The molecule has 100 valence electrons. The number of hydrogen-bond donors (Lipinski definition) is 0. The summed E-state index contributed by atoms with van der Waals surface area (Å²) in [5, 5.41) is 0. The van der Waals surface area contributed by atoms with Crippen LogP contribution in [0.4, 0.5) is 4.39 Å². The van der Waals surface area contributed by atoms with E-state index < -0.39 is 0 Å². The van der Waals surface area contributed by atoms with Crippen LogP contribution in [0.5, 0.6) is 0 Å². The van der Waals surface area contributed by atoms with Gasteiger partial charge in [0.15, 0.2) is 0 Å². The highest BCUT2D eigenvalue weighted by Gasteiger charge is 2.22. The molecule has 0 N–H and O–H groups in total. The predicted molar refractivity (Wildman–Crippen MR) is 76.1 cm³/mol. The lowest BCUT2D eigenvalue weighted by Gasteiger charge is -2.39. The van der Waals surface area contributed by atoms with Crippen LogP contribution in [0.15, 0.2) is 22.7 Å². The standard InChI is InChI=1S/C14H20BrFN2/c1-3-18-7-6-17(9-11(18)2)10-12-4-5-13(15)8-14(12)16/h4-5,8,11H,3,6-7,9-10H2,1-2H3. The third-order valence-electron chi connectivity index (χ3n) is 3.66. The second-order valence-electron chi connectivity index (χ2n) is 4.95. The Morgan fingerprint density at radius 2 is 2.17 bits per heavy atom. The van der Waals surface area contributed by atoms with Gasteiger partial charge in [0, 0.05) is 42.3 Å². The van der Waals surface area contributed by atoms with Crippen molar-refractivity contribution in [2.24, 2.45) is 0 Å². The Hall–Kier alpha value is -0.450. The molecule has 1 aliphatic rings. The van der Waals surface area contributed by atoms with Crippen LogP contribution in [0.3, 0.4) is 0 Å². The van der Waals surface area contributed by atoms with Crippen LogP contribution in [0.1, 0.15) is 19.4 Å². The Kier molecular flexibility index (Phi) is 4.76. The van der Waals surface area contributed by atoms with E-state index in [-0.39, 0.29) is 5.82 Å². The average molecular weight is 315 g/mol. The van der Waals surface area contributed by atoms with E-state index in [0.29, 0.717) is 12.6 Å². The molecule has 0 spiro atoms. The van der Waals surface area contributed by atoms with E-state index in [9.17, 15) is 4.39 Å². The van der Waals surface area contributed by atoms with Crippen LogP contribution in [-0.2, 0) is 6.54 Å². The first-order valence-electron chi connectivity index (χ1n) is 6.50. The van der Waals surface area contributed by atoms with Crippen LogP contribution >= 0.6 is 15.9 Å². The lowest BCUT2D eigenvalue weighted by molar-refractivity contribution is 0.0827.